The summed E-state index contributed by atoms with van der Waals surface area (Å²) in [6.45, 7) is 10.4. The quantitative estimate of drug-likeness (QED) is 0.110. The molecule has 4 heterocycles. The van der Waals surface area contributed by atoms with Crippen LogP contribution in [0.4, 0.5) is 0 Å². The van der Waals surface area contributed by atoms with Gasteiger partial charge in [-0.3, -0.25) is 9.59 Å². The van der Waals surface area contributed by atoms with E-state index in [1.807, 2.05) is 13.8 Å². The zero-order chi connectivity index (χ0) is 47.3. The SMILES string of the molecule is CCC(=O)C1CC(C)C2(CC(=O)C3(C)C4=C(CCC32C)C2(C)CCC(OC3OC(COC5OCC(O)C(O)C5OC5OC(CO)C(O)C(O)C5O)C(O)C(O)C3O)C(C)(CO)C2CC4)O1. The lowest BCUT2D eigenvalue weighted by molar-refractivity contribution is -0.365. The van der Waals surface area contributed by atoms with Crippen molar-refractivity contribution < 1.29 is 93.8 Å². The average molecular weight is 929 g/mol. The fourth-order valence-corrected chi connectivity index (χ4v) is 13.9. The van der Waals surface area contributed by atoms with Gasteiger partial charge in [-0.05, 0) is 69.1 Å². The molecule has 10 N–H and O–H groups in total. The minimum Gasteiger partial charge on any atom is -0.396 e. The molecule has 19 nitrogen and oxygen atoms in total. The Labute approximate surface area is 378 Å². The number of aliphatic hydroxyl groups is 10. The van der Waals surface area contributed by atoms with Crippen LogP contribution in [0.5, 0.6) is 0 Å². The summed E-state index contributed by atoms with van der Waals surface area (Å²) in [7, 11) is 0. The standard InChI is InChI=1S/C46H72O19/c1-7-23(49)25-14-20(2)46(65-25)15-29(51)45(6)22-8-9-28-42(3,21(22)10-13-44(45,46)5)12-11-30(43(28,4)19-48)63-39-36(57)35(56)33(54)27(62-39)18-60-41-38(31(52)24(50)17-59-41)64-40-37(58)34(55)32(53)26(16-47)61-40/h20,24-28,30-41,47-48,50,52-58H,7-19H2,1-6H3. The maximum atomic E-state index is 14.6. The third-order valence-corrected chi connectivity index (χ3v) is 18.2. The molecular formula is C46H72O19. The van der Waals surface area contributed by atoms with Gasteiger partial charge in [0.15, 0.2) is 24.7 Å². The molecule has 2 saturated carbocycles. The van der Waals surface area contributed by atoms with Crippen LogP contribution in [-0.4, -0.2) is 193 Å². The molecule has 0 bridgehead atoms. The van der Waals surface area contributed by atoms with Gasteiger partial charge in [-0.15, -0.1) is 0 Å². The van der Waals surface area contributed by atoms with Crippen molar-refractivity contribution in [3.63, 3.8) is 0 Å². The zero-order valence-corrected chi connectivity index (χ0v) is 38.2. The van der Waals surface area contributed by atoms with E-state index in [0.29, 0.717) is 44.9 Å². The molecule has 23 unspecified atom stereocenters. The molecule has 8 aliphatic rings. The maximum Gasteiger partial charge on any atom is 0.187 e. The molecule has 1 spiro atoms. The van der Waals surface area contributed by atoms with Crippen LogP contribution in [-0.2, 0) is 42.7 Å². The molecule has 4 aliphatic heterocycles. The summed E-state index contributed by atoms with van der Waals surface area (Å²) in [5.41, 5.74) is -0.967. The highest BCUT2D eigenvalue weighted by molar-refractivity contribution is 5.94. The summed E-state index contributed by atoms with van der Waals surface area (Å²) in [4.78, 5) is 27.5. The number of carbonyl (C=O) groups is 2. The van der Waals surface area contributed by atoms with Gasteiger partial charge in [-0.1, -0.05) is 45.8 Å². The van der Waals surface area contributed by atoms with Crippen molar-refractivity contribution in [2.75, 3.05) is 26.4 Å². The van der Waals surface area contributed by atoms with E-state index in [0.717, 1.165) is 12.0 Å². The normalized spacial score (nSPS) is 53.5. The Bertz CT molecular complexity index is 1810. The monoisotopic (exact) mass is 928 g/mol. The first-order valence-electron chi connectivity index (χ1n) is 23.6. The minimum atomic E-state index is -1.85. The number of hydrogen-bond acceptors (Lipinski definition) is 19. The molecule has 0 radical (unpaired) electrons. The second-order valence-corrected chi connectivity index (χ2v) is 21.2. The van der Waals surface area contributed by atoms with Crippen molar-refractivity contribution >= 4 is 11.6 Å². The van der Waals surface area contributed by atoms with Crippen molar-refractivity contribution in [3.05, 3.63) is 11.1 Å². The highest BCUT2D eigenvalue weighted by atomic mass is 16.8. The van der Waals surface area contributed by atoms with Gasteiger partial charge in [0.25, 0.3) is 0 Å². The van der Waals surface area contributed by atoms with E-state index in [1.165, 1.54) is 5.57 Å². The van der Waals surface area contributed by atoms with Gasteiger partial charge in [0, 0.05) is 23.7 Å². The Morgan fingerprint density at radius 3 is 2.06 bits per heavy atom. The summed E-state index contributed by atoms with van der Waals surface area (Å²) in [6, 6.07) is 0. The zero-order valence-electron chi connectivity index (χ0n) is 38.2. The molecule has 8 rings (SSSR count). The van der Waals surface area contributed by atoms with E-state index in [1.54, 1.807) is 0 Å². The van der Waals surface area contributed by atoms with Crippen LogP contribution in [0.1, 0.15) is 99.3 Å². The molecule has 370 valence electrons. The van der Waals surface area contributed by atoms with Crippen LogP contribution < -0.4 is 0 Å². The molecular weight excluding hydrogens is 856 g/mol. The molecule has 19 heteroatoms. The van der Waals surface area contributed by atoms with E-state index in [-0.39, 0.29) is 36.4 Å². The van der Waals surface area contributed by atoms with E-state index in [2.05, 4.69) is 27.7 Å². The van der Waals surface area contributed by atoms with Crippen molar-refractivity contribution in [2.45, 2.75) is 203 Å². The first kappa shape index (κ1) is 49.8. The maximum absolute atomic E-state index is 14.6. The van der Waals surface area contributed by atoms with E-state index >= 15 is 0 Å². The summed E-state index contributed by atoms with van der Waals surface area (Å²) < 4.78 is 42.1. The number of allylic oxidation sites excluding steroid dienone is 2. The van der Waals surface area contributed by atoms with Crippen LogP contribution in [0, 0.1) is 33.5 Å². The Hall–Kier alpha value is -1.60. The largest absolute Gasteiger partial charge is 0.396 e. The third kappa shape index (κ3) is 7.48. The fourth-order valence-electron chi connectivity index (χ4n) is 13.9. The van der Waals surface area contributed by atoms with Crippen molar-refractivity contribution in [3.8, 4) is 0 Å². The number of aliphatic hydroxyl groups excluding tert-OH is 10. The first-order valence-corrected chi connectivity index (χ1v) is 23.6. The number of Topliss-reactive ketones (excluding diaryl/α,β-unsaturated/α-hetero) is 2. The number of ether oxygens (including phenoxy) is 7. The minimum absolute atomic E-state index is 0.0276. The molecule has 6 fully saturated rings. The Morgan fingerprint density at radius 1 is 0.769 bits per heavy atom. The molecule has 4 aliphatic carbocycles. The van der Waals surface area contributed by atoms with Gasteiger partial charge in [-0.25, -0.2) is 0 Å². The van der Waals surface area contributed by atoms with E-state index in [4.69, 9.17) is 33.2 Å². The Kier molecular flexibility index (Phi) is 13.8. The van der Waals surface area contributed by atoms with Gasteiger partial charge in [0.2, 0.25) is 0 Å². The van der Waals surface area contributed by atoms with Gasteiger partial charge >= 0.3 is 0 Å². The van der Waals surface area contributed by atoms with Gasteiger partial charge in [0.1, 0.15) is 79.0 Å². The predicted molar refractivity (Wildman–Crippen MR) is 222 cm³/mol. The lowest BCUT2D eigenvalue weighted by Crippen LogP contribution is -2.64. The number of fused-ring (bicyclic) bond motifs is 5. The molecule has 23 atom stereocenters. The van der Waals surface area contributed by atoms with Crippen LogP contribution in [0.25, 0.3) is 0 Å². The molecule has 0 amide bonds. The van der Waals surface area contributed by atoms with Crippen LogP contribution >= 0.6 is 0 Å². The molecule has 0 aromatic carbocycles. The summed E-state index contributed by atoms with van der Waals surface area (Å²) in [5.74, 6) is 0.124. The third-order valence-electron chi connectivity index (χ3n) is 18.2. The van der Waals surface area contributed by atoms with Crippen molar-refractivity contribution in [1.82, 2.24) is 0 Å². The second kappa shape index (κ2) is 18.0. The number of hydrogen-bond donors (Lipinski definition) is 10. The van der Waals surface area contributed by atoms with Gasteiger partial charge < -0.3 is 84.2 Å². The van der Waals surface area contributed by atoms with Gasteiger partial charge in [0.05, 0.1) is 43.5 Å². The van der Waals surface area contributed by atoms with E-state index < -0.39 is 145 Å². The molecule has 65 heavy (non-hydrogen) atoms. The van der Waals surface area contributed by atoms with Crippen LogP contribution in [0.3, 0.4) is 0 Å². The smallest absolute Gasteiger partial charge is 0.187 e. The highest BCUT2D eigenvalue weighted by Gasteiger charge is 2.75. The Morgan fingerprint density at radius 2 is 1.42 bits per heavy atom. The summed E-state index contributed by atoms with van der Waals surface area (Å²) >= 11 is 0. The van der Waals surface area contributed by atoms with Gasteiger partial charge in [-0.2, -0.15) is 0 Å². The summed E-state index contributed by atoms with van der Waals surface area (Å²) in [5, 5.41) is 107. The van der Waals surface area contributed by atoms with Crippen LogP contribution in [0.15, 0.2) is 11.1 Å². The lowest BCUT2D eigenvalue weighted by atomic mass is 9.42. The van der Waals surface area contributed by atoms with Crippen LogP contribution in [0.2, 0.25) is 0 Å². The van der Waals surface area contributed by atoms with Crippen molar-refractivity contribution in [2.24, 2.45) is 33.5 Å². The molecule has 0 aromatic heterocycles. The number of rotatable bonds is 11. The second-order valence-electron chi connectivity index (χ2n) is 21.2. The average Bonchev–Trinajstić information content (AvgIpc) is 3.71. The summed E-state index contributed by atoms with van der Waals surface area (Å²) in [6.07, 6.45) is -18.9. The fraction of sp³-hybridized carbons (Fsp3) is 0.913. The topological polar surface area (TPSA) is 301 Å². The van der Waals surface area contributed by atoms with Crippen molar-refractivity contribution in [1.29, 1.82) is 0 Å². The molecule has 0 aromatic rings. The Balaban J connectivity index is 0.978. The number of ketones is 2. The predicted octanol–water partition coefficient (Wildman–Crippen LogP) is -1.11. The number of carbonyl (C=O) groups excluding carboxylic acids is 2. The van der Waals surface area contributed by atoms with E-state index in [9.17, 15) is 60.7 Å². The molecule has 4 saturated heterocycles. The lowest BCUT2D eigenvalue weighted by Gasteiger charge is -2.63. The highest BCUT2D eigenvalue weighted by Crippen LogP contribution is 2.74. The first-order chi connectivity index (χ1) is 30.6.